The number of halogens is 1. The van der Waals surface area contributed by atoms with Crippen LogP contribution >= 0.6 is 15.9 Å². The van der Waals surface area contributed by atoms with Gasteiger partial charge in [-0.05, 0) is 44.2 Å². The Labute approximate surface area is 199 Å². The Bertz CT molecular complexity index is 1110. The van der Waals surface area contributed by atoms with Crippen molar-refractivity contribution in [2.45, 2.75) is 26.3 Å². The highest BCUT2D eigenvalue weighted by Gasteiger charge is 2.55. The molecule has 0 saturated carbocycles. The number of hydrogen-bond donors (Lipinski definition) is 1. The van der Waals surface area contributed by atoms with E-state index in [1.54, 1.807) is 44.3 Å². The van der Waals surface area contributed by atoms with Gasteiger partial charge in [0.2, 0.25) is 5.91 Å². The Kier molecular flexibility index (Phi) is 7.70. The molecule has 3 rings (SSSR count). The summed E-state index contributed by atoms with van der Waals surface area (Å²) in [5, 5.41) is 2.44. The lowest BCUT2D eigenvalue weighted by Gasteiger charge is -2.30. The molecule has 0 radical (unpaired) electrons. The van der Waals surface area contributed by atoms with Gasteiger partial charge in [-0.15, -0.1) is 0 Å². The van der Waals surface area contributed by atoms with Crippen molar-refractivity contribution >= 4 is 50.9 Å². The molecule has 2 heterocycles. The average molecular weight is 515 g/mol. The number of nitrogens with zero attached hydrogens (tertiary/aromatic N) is 3. The summed E-state index contributed by atoms with van der Waals surface area (Å²) in [6.07, 6.45) is 1.64. The fourth-order valence-electron chi connectivity index (χ4n) is 3.38. The number of aliphatic imine (C=N–C) groups is 2. The van der Waals surface area contributed by atoms with E-state index in [0.29, 0.717) is 22.7 Å². The number of hydrogen-bond acceptors (Lipinski definition) is 8. The Morgan fingerprint density at radius 2 is 1.79 bits per heavy atom. The number of carbonyl (C=O) groups excluding carboxylic acids is 3. The summed E-state index contributed by atoms with van der Waals surface area (Å²) in [7, 11) is 0. The van der Waals surface area contributed by atoms with Gasteiger partial charge < -0.3 is 14.8 Å². The molecule has 0 saturated heterocycles. The molecule has 2 aromatic rings. The first-order valence-corrected chi connectivity index (χ1v) is 11.1. The van der Waals surface area contributed by atoms with Crippen LogP contribution in [0.1, 0.15) is 32.0 Å². The zero-order valence-electron chi connectivity index (χ0n) is 18.4. The van der Waals surface area contributed by atoms with E-state index in [4.69, 9.17) is 9.47 Å². The third-order valence-corrected chi connectivity index (χ3v) is 5.22. The van der Waals surface area contributed by atoms with Gasteiger partial charge in [0, 0.05) is 23.2 Å². The van der Waals surface area contributed by atoms with Crippen LogP contribution in [0, 0.1) is 0 Å². The molecule has 10 heteroatoms. The lowest BCUT2D eigenvalue weighted by molar-refractivity contribution is -0.163. The molecule has 33 heavy (non-hydrogen) atoms. The molecule has 0 aliphatic carbocycles. The fourth-order valence-corrected chi connectivity index (χ4v) is 3.74. The van der Waals surface area contributed by atoms with E-state index < -0.39 is 23.4 Å². The highest BCUT2D eigenvalue weighted by atomic mass is 79.9. The standard InChI is InChI=1S/C23H23BrN4O5/c1-4-32-21(30)23(28-14(3)29,22(31)33-5-2)19-13-26-20(18-8-6-7-11-25-18)16-12-15(24)9-10-17(16)27-19/h6-12H,4-5,13H2,1-3H3,(H,28,29). The predicted molar refractivity (Wildman–Crippen MR) is 126 cm³/mol. The third-order valence-electron chi connectivity index (χ3n) is 4.72. The second-order valence-electron chi connectivity index (χ2n) is 6.97. The van der Waals surface area contributed by atoms with Crippen LogP contribution in [0.2, 0.25) is 0 Å². The van der Waals surface area contributed by atoms with E-state index in [2.05, 4.69) is 36.2 Å². The zero-order valence-corrected chi connectivity index (χ0v) is 20.0. The highest BCUT2D eigenvalue weighted by Crippen LogP contribution is 2.30. The summed E-state index contributed by atoms with van der Waals surface area (Å²) >= 11 is 3.46. The first-order chi connectivity index (χ1) is 15.8. The molecule has 1 aliphatic rings. The smallest absolute Gasteiger partial charge is 0.349 e. The van der Waals surface area contributed by atoms with E-state index in [0.717, 1.165) is 4.47 Å². The summed E-state index contributed by atoms with van der Waals surface area (Å²) in [6.45, 7) is 4.17. The van der Waals surface area contributed by atoms with Crippen LogP contribution in [0.5, 0.6) is 0 Å². The summed E-state index contributed by atoms with van der Waals surface area (Å²) in [5.74, 6) is -2.62. The van der Waals surface area contributed by atoms with Gasteiger partial charge in [-0.25, -0.2) is 9.59 Å². The topological polar surface area (TPSA) is 119 Å². The molecule has 1 amide bonds. The number of rotatable bonds is 7. The monoisotopic (exact) mass is 514 g/mol. The molecule has 0 unspecified atom stereocenters. The van der Waals surface area contributed by atoms with E-state index >= 15 is 0 Å². The van der Waals surface area contributed by atoms with Crippen LogP contribution in [0.3, 0.4) is 0 Å². The third kappa shape index (κ3) is 5.00. The van der Waals surface area contributed by atoms with Gasteiger partial charge >= 0.3 is 11.9 Å². The largest absolute Gasteiger partial charge is 0.463 e. The van der Waals surface area contributed by atoms with Gasteiger partial charge in [0.25, 0.3) is 5.54 Å². The number of aromatic nitrogens is 1. The van der Waals surface area contributed by atoms with Crippen molar-refractivity contribution < 1.29 is 23.9 Å². The van der Waals surface area contributed by atoms with Crippen molar-refractivity contribution in [1.82, 2.24) is 10.3 Å². The lowest BCUT2D eigenvalue weighted by Crippen LogP contribution is -2.66. The fraction of sp³-hybridized carbons (Fsp3) is 0.304. The number of nitrogens with one attached hydrogen (secondary N) is 1. The Balaban J connectivity index is 2.27. The van der Waals surface area contributed by atoms with E-state index in [1.807, 2.05) is 12.1 Å². The molecule has 9 nitrogen and oxygen atoms in total. The average Bonchev–Trinajstić information content (AvgIpc) is 2.97. The summed E-state index contributed by atoms with van der Waals surface area (Å²) in [6, 6.07) is 10.7. The molecule has 1 N–H and O–H groups in total. The second kappa shape index (κ2) is 10.5. The van der Waals surface area contributed by atoms with E-state index in [9.17, 15) is 14.4 Å². The van der Waals surface area contributed by atoms with Crippen molar-refractivity contribution in [2.24, 2.45) is 9.98 Å². The number of ether oxygens (including phenoxy) is 2. The molecular formula is C23H23BrN4O5. The van der Waals surface area contributed by atoms with Crippen LogP contribution in [0.15, 0.2) is 57.1 Å². The molecule has 172 valence electrons. The molecule has 1 aliphatic heterocycles. The van der Waals surface area contributed by atoms with Gasteiger partial charge in [0.05, 0.1) is 42.6 Å². The summed E-state index contributed by atoms with van der Waals surface area (Å²) in [5.41, 5.74) is -0.114. The number of fused-ring (bicyclic) bond motifs is 1. The Morgan fingerprint density at radius 3 is 2.36 bits per heavy atom. The quantitative estimate of drug-likeness (QED) is 0.448. The van der Waals surface area contributed by atoms with Crippen LogP contribution in [-0.2, 0) is 23.9 Å². The molecule has 0 fully saturated rings. The van der Waals surface area contributed by atoms with Crippen LogP contribution in [0.25, 0.3) is 0 Å². The SMILES string of the molecule is CCOC(=O)C(NC(C)=O)(C(=O)OCC)C1=Nc2ccc(Br)cc2C(c2ccccn2)=NC1. The van der Waals surface area contributed by atoms with E-state index in [1.165, 1.54) is 6.92 Å². The van der Waals surface area contributed by atoms with Crippen molar-refractivity contribution in [3.05, 3.63) is 58.3 Å². The number of carbonyl (C=O) groups is 3. The van der Waals surface area contributed by atoms with Crippen LogP contribution < -0.4 is 5.32 Å². The van der Waals surface area contributed by atoms with Crippen molar-refractivity contribution in [3.8, 4) is 0 Å². The van der Waals surface area contributed by atoms with Crippen molar-refractivity contribution in [1.29, 1.82) is 0 Å². The molecule has 0 spiro atoms. The second-order valence-corrected chi connectivity index (χ2v) is 7.89. The lowest BCUT2D eigenvalue weighted by atomic mass is 9.92. The van der Waals surface area contributed by atoms with Gasteiger partial charge in [0.1, 0.15) is 0 Å². The number of pyridine rings is 1. The maximum absolute atomic E-state index is 13.2. The predicted octanol–water partition coefficient (Wildman–Crippen LogP) is 2.77. The van der Waals surface area contributed by atoms with Gasteiger partial charge in [0.15, 0.2) is 0 Å². The summed E-state index contributed by atoms with van der Waals surface area (Å²) in [4.78, 5) is 52.1. The molecule has 1 aromatic heterocycles. The summed E-state index contributed by atoms with van der Waals surface area (Å²) < 4.78 is 11.2. The number of esters is 2. The minimum absolute atomic E-state index is 0.0150. The van der Waals surface area contributed by atoms with Crippen molar-refractivity contribution in [2.75, 3.05) is 19.8 Å². The van der Waals surface area contributed by atoms with Crippen LogP contribution in [0.4, 0.5) is 5.69 Å². The normalized spacial score (nSPS) is 13.1. The minimum Gasteiger partial charge on any atom is -0.463 e. The maximum atomic E-state index is 13.2. The van der Waals surface area contributed by atoms with Gasteiger partial charge in [-0.3, -0.25) is 19.8 Å². The zero-order chi connectivity index (χ0) is 24.0. The van der Waals surface area contributed by atoms with Crippen molar-refractivity contribution in [3.63, 3.8) is 0 Å². The molecule has 1 aromatic carbocycles. The molecule has 0 bridgehead atoms. The highest BCUT2D eigenvalue weighted by molar-refractivity contribution is 9.10. The molecule has 0 atom stereocenters. The maximum Gasteiger partial charge on any atom is 0.349 e. The first-order valence-electron chi connectivity index (χ1n) is 10.3. The number of benzene rings is 1. The van der Waals surface area contributed by atoms with Gasteiger partial charge in [-0.2, -0.15) is 0 Å². The Hall–Kier alpha value is -3.40. The van der Waals surface area contributed by atoms with Crippen LogP contribution in [-0.4, -0.2) is 59.6 Å². The Morgan fingerprint density at radius 1 is 1.09 bits per heavy atom. The molecular weight excluding hydrogens is 492 g/mol. The number of amides is 1. The van der Waals surface area contributed by atoms with Gasteiger partial charge in [-0.1, -0.05) is 22.0 Å². The first kappa shape index (κ1) is 24.2. The minimum atomic E-state index is -2.29. The van der Waals surface area contributed by atoms with E-state index in [-0.39, 0.29) is 25.5 Å².